The van der Waals surface area contributed by atoms with Crippen LogP contribution in [0.25, 0.3) is 0 Å². The van der Waals surface area contributed by atoms with Crippen molar-refractivity contribution in [1.29, 1.82) is 0 Å². The second-order valence-electron chi connectivity index (χ2n) is 3.89. The summed E-state index contributed by atoms with van der Waals surface area (Å²) in [5.41, 5.74) is 6.95. The van der Waals surface area contributed by atoms with Crippen LogP contribution in [-0.2, 0) is 4.74 Å². The molecular formula is C10H17ClN4O2. The normalized spacial score (nSPS) is 19.9. The molecule has 1 fully saturated rings. The van der Waals surface area contributed by atoms with E-state index >= 15 is 0 Å². The van der Waals surface area contributed by atoms with Crippen LogP contribution in [-0.4, -0.2) is 53.3 Å². The molecule has 0 spiro atoms. The molecule has 0 bridgehead atoms. The van der Waals surface area contributed by atoms with E-state index in [2.05, 4.69) is 10.2 Å². The number of carbonyl (C=O) groups is 1. The number of aromatic amines is 1. The van der Waals surface area contributed by atoms with E-state index in [0.29, 0.717) is 31.8 Å². The summed E-state index contributed by atoms with van der Waals surface area (Å²) < 4.78 is 5.41. The number of H-pyrrole nitrogens is 1. The van der Waals surface area contributed by atoms with Gasteiger partial charge in [0, 0.05) is 25.3 Å². The Morgan fingerprint density at radius 3 is 3.12 bits per heavy atom. The predicted octanol–water partition coefficient (Wildman–Crippen LogP) is -0.0604. The first-order chi connectivity index (χ1) is 7.72. The first-order valence-corrected chi connectivity index (χ1v) is 5.33. The van der Waals surface area contributed by atoms with Gasteiger partial charge in [-0.2, -0.15) is 5.10 Å². The maximum atomic E-state index is 12.1. The average Bonchev–Trinajstić information content (AvgIpc) is 2.74. The smallest absolute Gasteiger partial charge is 0.257 e. The zero-order valence-electron chi connectivity index (χ0n) is 9.68. The highest BCUT2D eigenvalue weighted by molar-refractivity contribution is 5.95. The Hall–Kier alpha value is -1.11. The highest BCUT2D eigenvalue weighted by Crippen LogP contribution is 2.11. The van der Waals surface area contributed by atoms with Crippen LogP contribution in [0, 0.1) is 6.92 Å². The van der Waals surface area contributed by atoms with Crippen molar-refractivity contribution in [2.24, 2.45) is 5.73 Å². The highest BCUT2D eigenvalue weighted by atomic mass is 35.5. The molecule has 6 nitrogen and oxygen atoms in total. The van der Waals surface area contributed by atoms with Crippen molar-refractivity contribution in [2.75, 3.05) is 26.2 Å². The molecule has 2 rings (SSSR count). The second kappa shape index (κ2) is 6.00. The maximum absolute atomic E-state index is 12.1. The number of morpholine rings is 1. The Labute approximate surface area is 106 Å². The Morgan fingerprint density at radius 1 is 1.76 bits per heavy atom. The molecule has 3 N–H and O–H groups in total. The minimum absolute atomic E-state index is 0. The number of nitrogens with one attached hydrogen (secondary N) is 1. The van der Waals surface area contributed by atoms with Gasteiger partial charge in [-0.05, 0) is 6.92 Å². The van der Waals surface area contributed by atoms with Gasteiger partial charge in [0.1, 0.15) is 0 Å². The summed E-state index contributed by atoms with van der Waals surface area (Å²) in [5.74, 6) is -0.00648. The van der Waals surface area contributed by atoms with Crippen LogP contribution in [0.4, 0.5) is 0 Å². The SMILES string of the molecule is Cc1[nH]ncc1C(=O)N1CCOC(CN)C1.Cl. The van der Waals surface area contributed by atoms with E-state index in [0.717, 1.165) is 5.69 Å². The van der Waals surface area contributed by atoms with Crippen molar-refractivity contribution in [3.8, 4) is 0 Å². The monoisotopic (exact) mass is 260 g/mol. The van der Waals surface area contributed by atoms with E-state index in [1.807, 2.05) is 6.92 Å². The van der Waals surface area contributed by atoms with Gasteiger partial charge < -0.3 is 15.4 Å². The van der Waals surface area contributed by atoms with Crippen molar-refractivity contribution < 1.29 is 9.53 Å². The van der Waals surface area contributed by atoms with Gasteiger partial charge in [0.2, 0.25) is 0 Å². The lowest BCUT2D eigenvalue weighted by atomic mass is 10.2. The lowest BCUT2D eigenvalue weighted by Crippen LogP contribution is -2.48. The summed E-state index contributed by atoms with van der Waals surface area (Å²) in [6, 6.07) is 0. The lowest BCUT2D eigenvalue weighted by molar-refractivity contribution is -0.0167. The summed E-state index contributed by atoms with van der Waals surface area (Å²) in [6.45, 7) is 3.99. The zero-order valence-corrected chi connectivity index (χ0v) is 10.5. The van der Waals surface area contributed by atoms with Crippen molar-refractivity contribution in [2.45, 2.75) is 13.0 Å². The van der Waals surface area contributed by atoms with Crippen LogP contribution in [0.1, 0.15) is 16.1 Å². The summed E-state index contributed by atoms with van der Waals surface area (Å²) in [7, 11) is 0. The number of aromatic nitrogens is 2. The van der Waals surface area contributed by atoms with Gasteiger partial charge in [0.25, 0.3) is 5.91 Å². The highest BCUT2D eigenvalue weighted by Gasteiger charge is 2.25. The number of ether oxygens (including phenoxy) is 1. The molecule has 1 saturated heterocycles. The number of nitrogens with zero attached hydrogens (tertiary/aromatic N) is 2. The molecule has 0 radical (unpaired) electrons. The first kappa shape index (κ1) is 14.0. The zero-order chi connectivity index (χ0) is 11.5. The summed E-state index contributed by atoms with van der Waals surface area (Å²) in [5, 5.41) is 6.61. The van der Waals surface area contributed by atoms with E-state index in [1.165, 1.54) is 0 Å². The standard InChI is InChI=1S/C10H16N4O2.ClH/c1-7-9(5-12-13-7)10(15)14-2-3-16-8(4-11)6-14;/h5,8H,2-4,6,11H2,1H3,(H,12,13);1H. The molecule has 1 amide bonds. The summed E-state index contributed by atoms with van der Waals surface area (Å²) >= 11 is 0. The molecule has 1 aliphatic rings. The number of halogens is 1. The number of aryl methyl sites for hydroxylation is 1. The van der Waals surface area contributed by atoms with Gasteiger partial charge in [0.05, 0.1) is 24.5 Å². The Balaban J connectivity index is 0.00000144. The van der Waals surface area contributed by atoms with Gasteiger partial charge in [-0.1, -0.05) is 0 Å². The number of carbonyl (C=O) groups excluding carboxylic acids is 1. The molecule has 1 unspecified atom stereocenters. The molecule has 2 heterocycles. The summed E-state index contributed by atoms with van der Waals surface area (Å²) in [6.07, 6.45) is 1.51. The van der Waals surface area contributed by atoms with E-state index in [4.69, 9.17) is 10.5 Å². The molecular weight excluding hydrogens is 244 g/mol. The molecule has 1 aromatic heterocycles. The van der Waals surface area contributed by atoms with E-state index in [1.54, 1.807) is 11.1 Å². The molecule has 7 heteroatoms. The largest absolute Gasteiger partial charge is 0.373 e. The van der Waals surface area contributed by atoms with E-state index < -0.39 is 0 Å². The molecule has 17 heavy (non-hydrogen) atoms. The third-order valence-electron chi connectivity index (χ3n) is 2.75. The van der Waals surface area contributed by atoms with Gasteiger partial charge in [-0.3, -0.25) is 9.89 Å². The third kappa shape index (κ3) is 2.96. The fourth-order valence-electron chi connectivity index (χ4n) is 1.78. The Bertz CT molecular complexity index is 382. The van der Waals surface area contributed by atoms with Gasteiger partial charge in [0.15, 0.2) is 0 Å². The van der Waals surface area contributed by atoms with Crippen LogP contribution in [0.15, 0.2) is 6.20 Å². The van der Waals surface area contributed by atoms with Gasteiger partial charge in [-0.15, -0.1) is 12.4 Å². The number of nitrogens with two attached hydrogens (primary N) is 1. The van der Waals surface area contributed by atoms with E-state index in [9.17, 15) is 4.79 Å². The topological polar surface area (TPSA) is 84.2 Å². The minimum Gasteiger partial charge on any atom is -0.373 e. The molecule has 1 aromatic rings. The molecule has 0 aliphatic carbocycles. The second-order valence-corrected chi connectivity index (χ2v) is 3.89. The van der Waals surface area contributed by atoms with Crippen molar-refractivity contribution in [3.63, 3.8) is 0 Å². The molecule has 1 atom stereocenters. The predicted molar refractivity (Wildman–Crippen MR) is 65.3 cm³/mol. The fraction of sp³-hybridized carbons (Fsp3) is 0.600. The minimum atomic E-state index is -0.0510. The number of hydrogen-bond donors (Lipinski definition) is 2. The van der Waals surface area contributed by atoms with Crippen LogP contribution >= 0.6 is 12.4 Å². The third-order valence-corrected chi connectivity index (χ3v) is 2.75. The number of amides is 1. The van der Waals surface area contributed by atoms with Gasteiger partial charge >= 0.3 is 0 Å². The molecule has 1 aliphatic heterocycles. The van der Waals surface area contributed by atoms with Crippen LogP contribution in [0.5, 0.6) is 0 Å². The van der Waals surface area contributed by atoms with Crippen LogP contribution in [0.2, 0.25) is 0 Å². The number of hydrogen-bond acceptors (Lipinski definition) is 4. The maximum Gasteiger partial charge on any atom is 0.257 e. The van der Waals surface area contributed by atoms with Crippen molar-refractivity contribution in [1.82, 2.24) is 15.1 Å². The van der Waals surface area contributed by atoms with Crippen LogP contribution in [0.3, 0.4) is 0 Å². The van der Waals surface area contributed by atoms with Crippen LogP contribution < -0.4 is 5.73 Å². The van der Waals surface area contributed by atoms with Gasteiger partial charge in [-0.25, -0.2) is 0 Å². The Kier molecular flexibility index (Phi) is 4.92. The first-order valence-electron chi connectivity index (χ1n) is 5.33. The molecule has 0 aromatic carbocycles. The van der Waals surface area contributed by atoms with Crippen molar-refractivity contribution >= 4 is 18.3 Å². The Morgan fingerprint density at radius 2 is 2.53 bits per heavy atom. The molecule has 0 saturated carbocycles. The summed E-state index contributed by atoms with van der Waals surface area (Å²) in [4.78, 5) is 13.9. The van der Waals surface area contributed by atoms with E-state index in [-0.39, 0.29) is 24.4 Å². The molecule has 96 valence electrons. The average molecular weight is 261 g/mol. The lowest BCUT2D eigenvalue weighted by Gasteiger charge is -2.32. The quantitative estimate of drug-likeness (QED) is 0.780. The number of rotatable bonds is 2. The fourth-order valence-corrected chi connectivity index (χ4v) is 1.78. The van der Waals surface area contributed by atoms with Crippen molar-refractivity contribution in [3.05, 3.63) is 17.5 Å².